The first-order valence-corrected chi connectivity index (χ1v) is 9.54. The Kier molecular flexibility index (Phi) is 5.80. The van der Waals surface area contributed by atoms with Gasteiger partial charge in [-0.05, 0) is 45.9 Å². The van der Waals surface area contributed by atoms with Gasteiger partial charge in [0, 0.05) is 35.7 Å². The molecule has 148 valence electrons. The Bertz CT molecular complexity index is 874. The van der Waals surface area contributed by atoms with Crippen molar-refractivity contribution in [1.82, 2.24) is 16.0 Å². The molecule has 2 aliphatic rings. The van der Waals surface area contributed by atoms with Gasteiger partial charge < -0.3 is 16.0 Å². The summed E-state index contributed by atoms with van der Waals surface area (Å²) in [6.45, 7) is 6.58. The number of amides is 2. The fourth-order valence-corrected chi connectivity index (χ4v) is 4.33. The van der Waals surface area contributed by atoms with E-state index in [0.717, 1.165) is 24.6 Å². The van der Waals surface area contributed by atoms with Crippen LogP contribution >= 0.6 is 0 Å². The zero-order valence-electron chi connectivity index (χ0n) is 16.3. The molecule has 2 aliphatic heterocycles. The molecule has 1 aromatic carbocycles. The third-order valence-corrected chi connectivity index (χ3v) is 5.84. The van der Waals surface area contributed by atoms with E-state index in [1.165, 1.54) is 12.1 Å². The van der Waals surface area contributed by atoms with E-state index in [0.29, 0.717) is 11.1 Å². The lowest BCUT2D eigenvalue weighted by molar-refractivity contribution is -0.127. The summed E-state index contributed by atoms with van der Waals surface area (Å²) in [5.41, 5.74) is 1.96. The van der Waals surface area contributed by atoms with Crippen molar-refractivity contribution in [2.24, 2.45) is 11.8 Å². The van der Waals surface area contributed by atoms with Gasteiger partial charge in [-0.3, -0.25) is 9.59 Å². The number of carbonyl (C=O) groups excluding carboxylic acids is 2. The summed E-state index contributed by atoms with van der Waals surface area (Å²) < 4.78 is 14.0. The van der Waals surface area contributed by atoms with Crippen LogP contribution in [0.25, 0.3) is 0 Å². The molecule has 3 unspecified atom stereocenters. The highest BCUT2D eigenvalue weighted by Crippen LogP contribution is 2.33. The molecule has 28 heavy (non-hydrogen) atoms. The predicted molar refractivity (Wildman–Crippen MR) is 102 cm³/mol. The molecular weight excluding hydrogens is 359 g/mol. The Balaban J connectivity index is 1.74. The predicted octanol–water partition coefficient (Wildman–Crippen LogP) is 1.76. The summed E-state index contributed by atoms with van der Waals surface area (Å²) in [5.74, 6) is -1.55. The summed E-state index contributed by atoms with van der Waals surface area (Å²) in [6.07, 6.45) is 0.865. The molecule has 0 saturated carbocycles. The zero-order chi connectivity index (χ0) is 20.4. The summed E-state index contributed by atoms with van der Waals surface area (Å²) >= 11 is 0. The minimum absolute atomic E-state index is 0.00132. The Hall–Kier alpha value is -2.72. The van der Waals surface area contributed by atoms with Crippen LogP contribution in [0.1, 0.15) is 38.3 Å². The van der Waals surface area contributed by atoms with Gasteiger partial charge in [0.1, 0.15) is 5.82 Å². The van der Waals surface area contributed by atoms with Crippen molar-refractivity contribution in [1.29, 1.82) is 5.26 Å². The van der Waals surface area contributed by atoms with Crippen LogP contribution in [0.5, 0.6) is 0 Å². The zero-order valence-corrected chi connectivity index (χ0v) is 16.3. The Morgan fingerprint density at radius 3 is 2.89 bits per heavy atom. The van der Waals surface area contributed by atoms with Crippen LogP contribution < -0.4 is 16.0 Å². The molecule has 2 heterocycles. The Morgan fingerprint density at radius 1 is 1.46 bits per heavy atom. The minimum Gasteiger partial charge on any atom is -0.351 e. The molecule has 6 nitrogen and oxygen atoms in total. The number of hydrogen-bond donors (Lipinski definition) is 3. The third kappa shape index (κ3) is 3.78. The summed E-state index contributed by atoms with van der Waals surface area (Å²) in [5, 5.41) is 18.0. The number of rotatable bonds is 4. The molecule has 0 aliphatic carbocycles. The van der Waals surface area contributed by atoms with Crippen molar-refractivity contribution in [2.45, 2.75) is 45.8 Å². The van der Waals surface area contributed by atoms with Gasteiger partial charge in [0.05, 0.1) is 17.6 Å². The molecule has 7 heteroatoms. The first-order valence-electron chi connectivity index (χ1n) is 9.54. The van der Waals surface area contributed by atoms with Crippen molar-refractivity contribution in [3.63, 3.8) is 0 Å². The lowest BCUT2D eigenvalue weighted by Gasteiger charge is -2.43. The molecule has 1 aromatic rings. The molecule has 1 fully saturated rings. The van der Waals surface area contributed by atoms with E-state index in [4.69, 9.17) is 5.26 Å². The van der Waals surface area contributed by atoms with E-state index in [-0.39, 0.29) is 41.9 Å². The van der Waals surface area contributed by atoms with E-state index in [9.17, 15) is 14.0 Å². The largest absolute Gasteiger partial charge is 0.351 e. The number of piperidine rings is 1. The highest BCUT2D eigenvalue weighted by molar-refractivity contribution is 6.01. The number of nitriles is 1. The van der Waals surface area contributed by atoms with Crippen LogP contribution in [-0.2, 0) is 16.1 Å². The molecule has 0 spiro atoms. The topological polar surface area (TPSA) is 94.0 Å². The Labute approximate surface area is 164 Å². The van der Waals surface area contributed by atoms with Crippen LogP contribution in [0.3, 0.4) is 0 Å². The number of fused-ring (bicyclic) bond motifs is 1. The molecular formula is C21H25FN4O2. The second-order valence-corrected chi connectivity index (χ2v) is 7.59. The van der Waals surface area contributed by atoms with Gasteiger partial charge in [-0.25, -0.2) is 4.39 Å². The molecule has 4 atom stereocenters. The normalized spacial score (nSPS) is 25.4. The maximum Gasteiger partial charge on any atom is 0.248 e. The molecule has 3 rings (SSSR count). The summed E-state index contributed by atoms with van der Waals surface area (Å²) in [7, 11) is 0. The van der Waals surface area contributed by atoms with Crippen LogP contribution in [0, 0.1) is 29.0 Å². The van der Waals surface area contributed by atoms with Gasteiger partial charge in [-0.15, -0.1) is 0 Å². The maximum absolute atomic E-state index is 14.0. The highest BCUT2D eigenvalue weighted by Gasteiger charge is 2.41. The highest BCUT2D eigenvalue weighted by atomic mass is 19.1. The van der Waals surface area contributed by atoms with Crippen molar-refractivity contribution in [3.05, 3.63) is 46.3 Å². The van der Waals surface area contributed by atoms with E-state index in [1.807, 2.05) is 13.0 Å². The van der Waals surface area contributed by atoms with Gasteiger partial charge in [-0.1, -0.05) is 11.6 Å². The standard InChI is InChI=1S/C21H25FN4O2/c1-11-18(21(28)26-17-6-7-24-13(3)19(11)17)12(2)20(27)25-10-15-5-4-14(9-23)8-16(15)22/h4-5,8,12-13,17,19,24H,6-7,10H2,1-3H3,(H,25,27)(H,26,28)/t12-,13?,17?,19?/m1/s1. The second kappa shape index (κ2) is 8.11. The van der Waals surface area contributed by atoms with E-state index >= 15 is 0 Å². The average molecular weight is 384 g/mol. The lowest BCUT2D eigenvalue weighted by atomic mass is 9.75. The average Bonchev–Trinajstić information content (AvgIpc) is 2.66. The first kappa shape index (κ1) is 20.0. The van der Waals surface area contributed by atoms with Gasteiger partial charge >= 0.3 is 0 Å². The third-order valence-electron chi connectivity index (χ3n) is 5.84. The van der Waals surface area contributed by atoms with Crippen LogP contribution in [-0.4, -0.2) is 30.4 Å². The van der Waals surface area contributed by atoms with Gasteiger partial charge in [0.15, 0.2) is 0 Å². The fraction of sp³-hybridized carbons (Fsp3) is 0.476. The lowest BCUT2D eigenvalue weighted by Crippen LogP contribution is -2.58. The smallest absolute Gasteiger partial charge is 0.248 e. The van der Waals surface area contributed by atoms with Crippen LogP contribution in [0.4, 0.5) is 4.39 Å². The van der Waals surface area contributed by atoms with Crippen molar-refractivity contribution >= 4 is 11.8 Å². The monoisotopic (exact) mass is 384 g/mol. The second-order valence-electron chi connectivity index (χ2n) is 7.59. The molecule has 0 aromatic heterocycles. The molecule has 2 amide bonds. The van der Waals surface area contributed by atoms with E-state index < -0.39 is 11.7 Å². The number of benzene rings is 1. The molecule has 1 saturated heterocycles. The fourth-order valence-electron chi connectivity index (χ4n) is 4.33. The number of nitrogens with one attached hydrogen (secondary N) is 3. The van der Waals surface area contributed by atoms with Crippen molar-refractivity contribution in [3.8, 4) is 6.07 Å². The molecule has 0 radical (unpaired) electrons. The van der Waals surface area contributed by atoms with Crippen molar-refractivity contribution < 1.29 is 14.0 Å². The van der Waals surface area contributed by atoms with Gasteiger partial charge in [0.25, 0.3) is 0 Å². The van der Waals surface area contributed by atoms with Gasteiger partial charge in [-0.2, -0.15) is 5.26 Å². The summed E-state index contributed by atoms with van der Waals surface area (Å²) in [4.78, 5) is 25.3. The summed E-state index contributed by atoms with van der Waals surface area (Å²) in [6, 6.07) is 6.32. The number of halogens is 1. The van der Waals surface area contributed by atoms with E-state index in [2.05, 4.69) is 22.9 Å². The van der Waals surface area contributed by atoms with Crippen LogP contribution in [0.2, 0.25) is 0 Å². The maximum atomic E-state index is 14.0. The van der Waals surface area contributed by atoms with Gasteiger partial charge in [0.2, 0.25) is 11.8 Å². The molecule has 0 bridgehead atoms. The van der Waals surface area contributed by atoms with Crippen LogP contribution in [0.15, 0.2) is 29.3 Å². The number of nitrogens with zero attached hydrogens (tertiary/aromatic N) is 1. The SMILES string of the molecule is CC1=C([C@@H](C)C(=O)NCc2ccc(C#N)cc2F)C(=O)NC2CCNC(C)C12. The minimum atomic E-state index is -0.642. The number of carbonyl (C=O) groups is 2. The first-order chi connectivity index (χ1) is 13.3. The quantitative estimate of drug-likeness (QED) is 0.737. The number of hydrogen-bond acceptors (Lipinski definition) is 4. The van der Waals surface area contributed by atoms with Crippen molar-refractivity contribution in [2.75, 3.05) is 6.54 Å². The Morgan fingerprint density at radius 2 is 2.21 bits per heavy atom. The molecule has 3 N–H and O–H groups in total. The van der Waals surface area contributed by atoms with E-state index in [1.54, 1.807) is 6.92 Å².